The molecule has 0 aliphatic carbocycles. The number of methoxy groups -OCH3 is 2. The summed E-state index contributed by atoms with van der Waals surface area (Å²) in [7, 11) is 3.23. The minimum Gasteiger partial charge on any atom is -0.497 e. The number of rotatable bonds is 10. The summed E-state index contributed by atoms with van der Waals surface area (Å²) in [6, 6.07) is 21.1. The lowest BCUT2D eigenvalue weighted by molar-refractivity contribution is 0.286. The van der Waals surface area contributed by atoms with E-state index in [1.165, 1.54) is 0 Å². The van der Waals surface area contributed by atoms with Crippen molar-refractivity contribution in [1.29, 1.82) is 5.26 Å². The second-order valence-electron chi connectivity index (χ2n) is 8.01. The molecule has 194 valence electrons. The molecule has 0 spiro atoms. The van der Waals surface area contributed by atoms with Crippen molar-refractivity contribution in [3.63, 3.8) is 0 Å². The van der Waals surface area contributed by atoms with E-state index in [1.54, 1.807) is 20.4 Å². The Labute approximate surface area is 235 Å². The van der Waals surface area contributed by atoms with Gasteiger partial charge in [-0.05, 0) is 96.1 Å². The van der Waals surface area contributed by atoms with Gasteiger partial charge in [-0.15, -0.1) is 0 Å². The molecule has 0 saturated carbocycles. The minimum atomic E-state index is 0.214. The highest BCUT2D eigenvalue weighted by Crippen LogP contribution is 2.43. The van der Waals surface area contributed by atoms with E-state index in [9.17, 15) is 5.26 Å². The summed E-state index contributed by atoms with van der Waals surface area (Å²) in [5.74, 6) is 3.53. The molecule has 1 aromatic heterocycles. The smallest absolute Gasteiger partial charge is 0.238 e. The van der Waals surface area contributed by atoms with Crippen molar-refractivity contribution in [1.82, 2.24) is 0 Å². The maximum atomic E-state index is 10.2. The van der Waals surface area contributed by atoms with Gasteiger partial charge in [0.15, 0.2) is 11.5 Å². The second kappa shape index (κ2) is 12.5. The fourth-order valence-corrected chi connectivity index (χ4v) is 4.72. The SMILES string of the molecule is CCOc1cc(C=Nc2oc(-c3ccc(OC)cc3)c(-c3ccc(OC)cc3)c2C#N)cc(I)c1OCC. The van der Waals surface area contributed by atoms with Crippen molar-refractivity contribution in [3.05, 3.63) is 75.4 Å². The van der Waals surface area contributed by atoms with E-state index in [-0.39, 0.29) is 5.88 Å². The van der Waals surface area contributed by atoms with E-state index in [0.717, 1.165) is 31.8 Å². The quantitative estimate of drug-likeness (QED) is 0.133. The first-order valence-corrected chi connectivity index (χ1v) is 13.1. The van der Waals surface area contributed by atoms with E-state index in [4.69, 9.17) is 23.4 Å². The van der Waals surface area contributed by atoms with Gasteiger partial charge in [0.25, 0.3) is 0 Å². The Balaban J connectivity index is 1.83. The first kappa shape index (κ1) is 27.1. The summed E-state index contributed by atoms with van der Waals surface area (Å²) in [5, 5.41) is 10.2. The van der Waals surface area contributed by atoms with Crippen LogP contribution in [0.3, 0.4) is 0 Å². The molecular weight excluding hydrogens is 595 g/mol. The van der Waals surface area contributed by atoms with Gasteiger partial charge in [0.2, 0.25) is 5.88 Å². The lowest BCUT2D eigenvalue weighted by atomic mass is 9.98. The zero-order valence-electron chi connectivity index (χ0n) is 21.6. The average Bonchev–Trinajstić information content (AvgIpc) is 3.32. The van der Waals surface area contributed by atoms with Crippen LogP contribution in [0, 0.1) is 14.9 Å². The molecule has 7 nitrogen and oxygen atoms in total. The van der Waals surface area contributed by atoms with Crippen LogP contribution in [-0.2, 0) is 0 Å². The summed E-state index contributed by atoms with van der Waals surface area (Å²) in [5.41, 5.74) is 3.39. The van der Waals surface area contributed by atoms with Gasteiger partial charge in [-0.25, -0.2) is 4.99 Å². The molecule has 0 saturated heterocycles. The summed E-state index contributed by atoms with van der Waals surface area (Å²) in [6.45, 7) is 4.89. The highest BCUT2D eigenvalue weighted by atomic mass is 127. The number of aliphatic imine (C=N–C) groups is 1. The van der Waals surface area contributed by atoms with Gasteiger partial charge in [0.1, 0.15) is 28.9 Å². The molecule has 1 heterocycles. The first-order valence-electron chi connectivity index (χ1n) is 12.0. The molecule has 0 N–H and O–H groups in total. The van der Waals surface area contributed by atoms with Crippen molar-refractivity contribution >= 4 is 34.7 Å². The molecule has 4 aromatic rings. The van der Waals surface area contributed by atoms with Crippen LogP contribution in [0.25, 0.3) is 22.5 Å². The lowest BCUT2D eigenvalue weighted by Gasteiger charge is -2.13. The van der Waals surface area contributed by atoms with Crippen LogP contribution >= 0.6 is 22.6 Å². The number of halogens is 1. The molecule has 0 radical (unpaired) electrons. The van der Waals surface area contributed by atoms with Crippen molar-refractivity contribution < 1.29 is 23.4 Å². The van der Waals surface area contributed by atoms with Crippen LogP contribution in [0.4, 0.5) is 5.88 Å². The number of nitriles is 1. The standard InChI is InChI=1S/C30H27IN2O5/c1-5-36-26-16-19(15-25(31)29(26)37-6-2)18-33-30-24(17-32)27(20-7-11-22(34-3)12-8-20)28(38-30)21-9-13-23(35-4)14-10-21/h7-16,18H,5-6H2,1-4H3. The summed E-state index contributed by atoms with van der Waals surface area (Å²) < 4.78 is 29.3. The third-order valence-corrected chi connectivity index (χ3v) is 6.48. The topological polar surface area (TPSA) is 86.2 Å². The molecule has 38 heavy (non-hydrogen) atoms. The largest absolute Gasteiger partial charge is 0.497 e. The number of benzene rings is 3. The van der Waals surface area contributed by atoms with Crippen LogP contribution in [0.2, 0.25) is 0 Å². The average molecular weight is 622 g/mol. The molecule has 0 fully saturated rings. The minimum absolute atomic E-state index is 0.214. The fourth-order valence-electron chi connectivity index (χ4n) is 3.94. The van der Waals surface area contributed by atoms with Gasteiger partial charge in [0.05, 0.1) is 31.0 Å². The Morgan fingerprint density at radius 2 is 1.50 bits per heavy atom. The van der Waals surface area contributed by atoms with E-state index in [1.807, 2.05) is 74.5 Å². The summed E-state index contributed by atoms with van der Waals surface area (Å²) >= 11 is 2.22. The Hall–Kier alpha value is -3.97. The van der Waals surface area contributed by atoms with E-state index in [2.05, 4.69) is 33.7 Å². The molecule has 3 aromatic carbocycles. The monoisotopic (exact) mass is 622 g/mol. The first-order chi connectivity index (χ1) is 18.5. The predicted octanol–water partition coefficient (Wildman–Crippen LogP) is 7.66. The Bertz CT molecular complexity index is 1470. The van der Waals surface area contributed by atoms with Gasteiger partial charge >= 0.3 is 0 Å². The summed E-state index contributed by atoms with van der Waals surface area (Å²) in [4.78, 5) is 4.60. The van der Waals surface area contributed by atoms with Crippen LogP contribution in [0.5, 0.6) is 23.0 Å². The molecule has 0 bridgehead atoms. The van der Waals surface area contributed by atoms with E-state index < -0.39 is 0 Å². The zero-order chi connectivity index (χ0) is 27.1. The van der Waals surface area contributed by atoms with Crippen LogP contribution < -0.4 is 18.9 Å². The number of ether oxygens (including phenoxy) is 4. The predicted molar refractivity (Wildman–Crippen MR) is 156 cm³/mol. The summed E-state index contributed by atoms with van der Waals surface area (Å²) in [6.07, 6.45) is 1.66. The van der Waals surface area contributed by atoms with Gasteiger partial charge < -0.3 is 23.4 Å². The Kier molecular flexibility index (Phi) is 8.92. The molecule has 0 atom stereocenters. The molecule has 0 amide bonds. The third kappa shape index (κ3) is 5.78. The number of furan rings is 1. The van der Waals surface area contributed by atoms with Crippen molar-refractivity contribution in [2.24, 2.45) is 4.99 Å². The highest BCUT2D eigenvalue weighted by Gasteiger charge is 2.23. The van der Waals surface area contributed by atoms with Crippen LogP contribution in [0.15, 0.2) is 70.1 Å². The second-order valence-corrected chi connectivity index (χ2v) is 9.17. The molecular formula is C30H27IN2O5. The van der Waals surface area contributed by atoms with Gasteiger partial charge in [-0.2, -0.15) is 5.26 Å². The van der Waals surface area contributed by atoms with E-state index >= 15 is 0 Å². The zero-order valence-corrected chi connectivity index (χ0v) is 23.7. The van der Waals surface area contributed by atoms with E-state index in [0.29, 0.717) is 41.6 Å². The Morgan fingerprint density at radius 3 is 2.05 bits per heavy atom. The molecule has 0 aliphatic heterocycles. The number of nitrogens with zero attached hydrogens (tertiary/aromatic N) is 2. The van der Waals surface area contributed by atoms with Crippen molar-refractivity contribution in [2.75, 3.05) is 27.4 Å². The third-order valence-electron chi connectivity index (χ3n) is 5.68. The number of hydrogen-bond donors (Lipinski definition) is 0. The highest BCUT2D eigenvalue weighted by molar-refractivity contribution is 14.1. The maximum absolute atomic E-state index is 10.2. The molecule has 0 aliphatic rings. The lowest BCUT2D eigenvalue weighted by Crippen LogP contribution is -2.01. The molecule has 4 rings (SSSR count). The maximum Gasteiger partial charge on any atom is 0.238 e. The van der Waals surface area contributed by atoms with Gasteiger partial charge in [-0.1, -0.05) is 12.1 Å². The molecule has 0 unspecified atom stereocenters. The van der Waals surface area contributed by atoms with Crippen molar-refractivity contribution in [2.45, 2.75) is 13.8 Å². The van der Waals surface area contributed by atoms with Crippen molar-refractivity contribution in [3.8, 4) is 51.5 Å². The Morgan fingerprint density at radius 1 is 0.895 bits per heavy atom. The van der Waals surface area contributed by atoms with Gasteiger partial charge in [-0.3, -0.25) is 0 Å². The van der Waals surface area contributed by atoms with Gasteiger partial charge in [0, 0.05) is 17.3 Å². The normalized spacial score (nSPS) is 10.8. The fraction of sp³-hybridized carbons (Fsp3) is 0.200. The number of hydrogen-bond acceptors (Lipinski definition) is 7. The van der Waals surface area contributed by atoms with Crippen LogP contribution in [-0.4, -0.2) is 33.6 Å². The van der Waals surface area contributed by atoms with Crippen LogP contribution in [0.1, 0.15) is 25.0 Å². The molecule has 8 heteroatoms.